The van der Waals surface area contributed by atoms with Crippen LogP contribution in [-0.2, 0) is 13.6 Å². The molecule has 94 valence electrons. The number of alkyl halides is 2. The van der Waals surface area contributed by atoms with Gasteiger partial charge in [-0.25, -0.2) is 0 Å². The fourth-order valence-corrected chi connectivity index (χ4v) is 3.43. The maximum Gasteiger partial charge on any atom is 0.399 e. The van der Waals surface area contributed by atoms with Gasteiger partial charge >= 0.3 is 13.3 Å². The summed E-state index contributed by atoms with van der Waals surface area (Å²) in [7, 11) is -4.35. The van der Waals surface area contributed by atoms with Gasteiger partial charge in [0, 0.05) is 5.92 Å². The molecule has 1 rings (SSSR count). The zero-order valence-electron chi connectivity index (χ0n) is 9.49. The van der Waals surface area contributed by atoms with Crippen molar-refractivity contribution in [1.82, 2.24) is 0 Å². The minimum Gasteiger partial charge on any atom is -0.305 e. The molecule has 1 fully saturated rings. The summed E-state index contributed by atoms with van der Waals surface area (Å²) in [6, 6.07) is 0. The molecule has 0 aromatic rings. The first-order valence-electron chi connectivity index (χ1n) is 5.32. The van der Waals surface area contributed by atoms with Crippen LogP contribution in [0.25, 0.3) is 0 Å². The van der Waals surface area contributed by atoms with Crippen molar-refractivity contribution in [3.63, 3.8) is 0 Å². The highest BCUT2D eigenvalue weighted by Gasteiger charge is 2.65. The molecule has 0 radical (unpaired) electrons. The lowest BCUT2D eigenvalue weighted by atomic mass is 10.3. The van der Waals surface area contributed by atoms with Crippen LogP contribution in [-0.4, -0.2) is 18.9 Å². The highest BCUT2D eigenvalue weighted by Crippen LogP contribution is 2.70. The summed E-state index contributed by atoms with van der Waals surface area (Å²) in [5, 5.41) is 0. The summed E-state index contributed by atoms with van der Waals surface area (Å²) in [5.74, 6) is -1.25. The van der Waals surface area contributed by atoms with E-state index in [1.54, 1.807) is 0 Å². The minimum atomic E-state index is -4.35. The van der Waals surface area contributed by atoms with Gasteiger partial charge in [-0.1, -0.05) is 6.08 Å². The zero-order valence-corrected chi connectivity index (χ0v) is 10.4. The van der Waals surface area contributed by atoms with Crippen molar-refractivity contribution in [3.8, 4) is 0 Å². The number of halogens is 2. The molecule has 3 nitrogen and oxygen atoms in total. The fourth-order valence-electron chi connectivity index (χ4n) is 1.63. The molecular weight excluding hydrogens is 237 g/mol. The average molecular weight is 254 g/mol. The molecule has 2 atom stereocenters. The highest BCUT2D eigenvalue weighted by atomic mass is 31.2. The van der Waals surface area contributed by atoms with Crippen molar-refractivity contribution >= 4 is 7.60 Å². The third kappa shape index (κ3) is 2.36. The van der Waals surface area contributed by atoms with E-state index in [9.17, 15) is 13.3 Å². The molecule has 0 bridgehead atoms. The van der Waals surface area contributed by atoms with Gasteiger partial charge in [-0.2, -0.15) is 8.78 Å². The molecule has 0 N–H and O–H groups in total. The molecule has 16 heavy (non-hydrogen) atoms. The molecule has 0 spiro atoms. The van der Waals surface area contributed by atoms with Crippen LogP contribution in [0, 0.1) is 11.8 Å². The number of rotatable bonds is 7. The van der Waals surface area contributed by atoms with Crippen LogP contribution in [0.4, 0.5) is 8.78 Å². The summed E-state index contributed by atoms with van der Waals surface area (Å²) in [6.45, 7) is 6.37. The second-order valence-electron chi connectivity index (χ2n) is 3.66. The normalized spacial score (nSPS) is 25.5. The summed E-state index contributed by atoms with van der Waals surface area (Å²) in [5.41, 5.74) is -3.42. The van der Waals surface area contributed by atoms with Crippen LogP contribution < -0.4 is 0 Å². The second kappa shape index (κ2) is 4.94. The number of hydrogen-bond donors (Lipinski definition) is 0. The maximum absolute atomic E-state index is 13.9. The second-order valence-corrected chi connectivity index (χ2v) is 5.77. The first kappa shape index (κ1) is 13.8. The van der Waals surface area contributed by atoms with Gasteiger partial charge in [0.05, 0.1) is 13.2 Å². The SMILES string of the molecule is C=C[C@@H]1C[C@H]1C(F)(F)P(=O)(OCC)OCC. The van der Waals surface area contributed by atoms with Gasteiger partial charge in [0.15, 0.2) is 0 Å². The lowest BCUT2D eigenvalue weighted by Crippen LogP contribution is -2.23. The predicted octanol–water partition coefficient (Wildman–Crippen LogP) is 3.67. The minimum absolute atomic E-state index is 0.0572. The van der Waals surface area contributed by atoms with Crippen molar-refractivity contribution < 1.29 is 22.4 Å². The van der Waals surface area contributed by atoms with E-state index in [0.717, 1.165) is 0 Å². The largest absolute Gasteiger partial charge is 0.399 e. The van der Waals surface area contributed by atoms with Crippen LogP contribution in [0.5, 0.6) is 0 Å². The Kier molecular flexibility index (Phi) is 4.27. The summed E-state index contributed by atoms with van der Waals surface area (Å²) >= 11 is 0. The van der Waals surface area contributed by atoms with Gasteiger partial charge < -0.3 is 9.05 Å². The zero-order chi connectivity index (χ0) is 12.4. The van der Waals surface area contributed by atoms with Crippen LogP contribution in [0.15, 0.2) is 12.7 Å². The number of allylic oxidation sites excluding steroid dienone is 1. The van der Waals surface area contributed by atoms with Crippen molar-refractivity contribution in [1.29, 1.82) is 0 Å². The molecule has 0 aromatic carbocycles. The third-order valence-corrected chi connectivity index (χ3v) is 4.81. The summed E-state index contributed by atoms with van der Waals surface area (Å²) < 4.78 is 49.1. The summed E-state index contributed by atoms with van der Waals surface area (Å²) in [4.78, 5) is 0. The topological polar surface area (TPSA) is 35.5 Å². The highest BCUT2D eigenvalue weighted by molar-refractivity contribution is 7.55. The molecule has 0 aromatic heterocycles. The summed E-state index contributed by atoms with van der Waals surface area (Å²) in [6.07, 6.45) is 1.75. The quantitative estimate of drug-likeness (QED) is 0.513. The van der Waals surface area contributed by atoms with Crippen molar-refractivity contribution in [2.75, 3.05) is 13.2 Å². The molecule has 1 aliphatic rings. The van der Waals surface area contributed by atoms with E-state index in [-0.39, 0.29) is 19.1 Å². The van der Waals surface area contributed by atoms with E-state index in [2.05, 4.69) is 15.6 Å². The lowest BCUT2D eigenvalue weighted by molar-refractivity contribution is 0.0170. The monoisotopic (exact) mass is 254 g/mol. The van der Waals surface area contributed by atoms with E-state index in [4.69, 9.17) is 0 Å². The molecule has 1 saturated carbocycles. The smallest absolute Gasteiger partial charge is 0.305 e. The molecule has 0 saturated heterocycles. The van der Waals surface area contributed by atoms with Crippen molar-refractivity contribution in [3.05, 3.63) is 12.7 Å². The first-order valence-corrected chi connectivity index (χ1v) is 6.86. The Morgan fingerprint density at radius 3 is 2.25 bits per heavy atom. The Hall–Kier alpha value is -0.250. The van der Waals surface area contributed by atoms with Gasteiger partial charge in [-0.3, -0.25) is 4.57 Å². The number of hydrogen-bond acceptors (Lipinski definition) is 3. The maximum atomic E-state index is 13.9. The van der Waals surface area contributed by atoms with E-state index in [1.165, 1.54) is 19.9 Å². The fraction of sp³-hybridized carbons (Fsp3) is 0.800. The van der Waals surface area contributed by atoms with E-state index >= 15 is 0 Å². The van der Waals surface area contributed by atoms with Gasteiger partial charge in [0.25, 0.3) is 0 Å². The Bertz CT molecular complexity index is 296. The molecule has 0 heterocycles. The molecule has 6 heteroatoms. The lowest BCUT2D eigenvalue weighted by Gasteiger charge is -2.25. The van der Waals surface area contributed by atoms with Crippen LogP contribution in [0.3, 0.4) is 0 Å². The Labute approximate surface area is 94.3 Å². The Morgan fingerprint density at radius 2 is 1.94 bits per heavy atom. The Balaban J connectivity index is 2.84. The van der Waals surface area contributed by atoms with Crippen LogP contribution in [0.2, 0.25) is 0 Å². The van der Waals surface area contributed by atoms with E-state index < -0.39 is 19.2 Å². The van der Waals surface area contributed by atoms with Gasteiger partial charge in [-0.15, -0.1) is 6.58 Å². The van der Waals surface area contributed by atoms with E-state index in [1.807, 2.05) is 0 Å². The van der Waals surface area contributed by atoms with Gasteiger partial charge in [0.2, 0.25) is 0 Å². The molecule has 0 amide bonds. The average Bonchev–Trinajstić information content (AvgIpc) is 2.97. The van der Waals surface area contributed by atoms with Crippen molar-refractivity contribution in [2.24, 2.45) is 11.8 Å². The molecule has 0 unspecified atom stereocenters. The molecule has 0 aliphatic heterocycles. The third-order valence-electron chi connectivity index (χ3n) is 2.55. The van der Waals surface area contributed by atoms with Gasteiger partial charge in [0.1, 0.15) is 0 Å². The first-order chi connectivity index (χ1) is 7.43. The Morgan fingerprint density at radius 1 is 1.44 bits per heavy atom. The van der Waals surface area contributed by atoms with E-state index in [0.29, 0.717) is 6.42 Å². The molecular formula is C10H17F2O3P. The van der Waals surface area contributed by atoms with Crippen LogP contribution >= 0.6 is 7.60 Å². The molecule has 1 aliphatic carbocycles. The van der Waals surface area contributed by atoms with Crippen LogP contribution in [0.1, 0.15) is 20.3 Å². The predicted molar refractivity (Wildman–Crippen MR) is 57.6 cm³/mol. The standard InChI is InChI=1S/C10H17F2O3P/c1-4-8-7-9(8)10(11,12)16(13,14-5-2)15-6-3/h4,8-9H,1,5-7H2,2-3H3/t8-,9-/m1/s1. The van der Waals surface area contributed by atoms with Crippen molar-refractivity contribution in [2.45, 2.75) is 25.9 Å². The van der Waals surface area contributed by atoms with Gasteiger partial charge in [-0.05, 0) is 26.2 Å².